The second-order valence-corrected chi connectivity index (χ2v) is 3.85. The fourth-order valence-electron chi connectivity index (χ4n) is 1.83. The molecule has 1 heterocycles. The topological polar surface area (TPSA) is 49.9 Å². The first-order chi connectivity index (χ1) is 8.33. The number of aromatic nitrogens is 2. The van der Waals surface area contributed by atoms with E-state index in [0.717, 1.165) is 18.0 Å². The van der Waals surface area contributed by atoms with E-state index in [0.29, 0.717) is 0 Å². The lowest BCUT2D eigenvalue weighted by Gasteiger charge is -2.15. The lowest BCUT2D eigenvalue weighted by atomic mass is 10.0. The first-order valence-electron chi connectivity index (χ1n) is 5.63. The number of nitrogens with zero attached hydrogens (tertiary/aromatic N) is 1. The lowest BCUT2D eigenvalue weighted by molar-refractivity contribution is 0.414. The number of methoxy groups -OCH3 is 1. The molecule has 17 heavy (non-hydrogen) atoms. The summed E-state index contributed by atoms with van der Waals surface area (Å²) in [5.74, 6) is 1.86. The summed E-state index contributed by atoms with van der Waals surface area (Å²) in [6, 6.07) is 8.35. The number of hydrogen-bond acceptors (Lipinski definition) is 3. The lowest BCUT2D eigenvalue weighted by Crippen LogP contribution is -2.19. The molecule has 2 rings (SSSR count). The summed E-state index contributed by atoms with van der Waals surface area (Å²) < 4.78 is 5.15. The minimum Gasteiger partial charge on any atom is -0.497 e. The Labute approximate surface area is 101 Å². The van der Waals surface area contributed by atoms with E-state index < -0.39 is 0 Å². The molecule has 1 aromatic heterocycles. The monoisotopic (exact) mass is 231 g/mol. The number of benzene rings is 1. The third-order valence-corrected chi connectivity index (χ3v) is 2.82. The zero-order valence-electron chi connectivity index (χ0n) is 10.1. The van der Waals surface area contributed by atoms with E-state index in [1.54, 1.807) is 13.3 Å². The molecule has 1 unspecified atom stereocenters. The summed E-state index contributed by atoms with van der Waals surface area (Å²) in [7, 11) is 3.63. The minimum atomic E-state index is 0.257. The summed E-state index contributed by atoms with van der Waals surface area (Å²) >= 11 is 0. The van der Waals surface area contributed by atoms with Crippen molar-refractivity contribution in [2.45, 2.75) is 12.5 Å². The Bertz CT molecular complexity index is 436. The number of aromatic amines is 1. The molecule has 0 amide bonds. The first kappa shape index (κ1) is 11.7. The fraction of sp³-hybridized carbons (Fsp3) is 0.308. The highest BCUT2D eigenvalue weighted by molar-refractivity contribution is 5.29. The van der Waals surface area contributed by atoms with Gasteiger partial charge in [0.1, 0.15) is 11.6 Å². The van der Waals surface area contributed by atoms with Gasteiger partial charge in [-0.15, -0.1) is 0 Å². The quantitative estimate of drug-likeness (QED) is 0.826. The third-order valence-electron chi connectivity index (χ3n) is 2.82. The van der Waals surface area contributed by atoms with Crippen LogP contribution < -0.4 is 10.1 Å². The molecule has 2 aromatic rings. The van der Waals surface area contributed by atoms with E-state index in [9.17, 15) is 0 Å². The van der Waals surface area contributed by atoms with Crippen LogP contribution in [0.1, 0.15) is 17.4 Å². The van der Waals surface area contributed by atoms with Gasteiger partial charge in [0, 0.05) is 24.9 Å². The highest BCUT2D eigenvalue weighted by atomic mass is 16.5. The smallest absolute Gasteiger partial charge is 0.118 e. The van der Waals surface area contributed by atoms with E-state index in [1.807, 2.05) is 25.4 Å². The van der Waals surface area contributed by atoms with Crippen molar-refractivity contribution in [1.82, 2.24) is 15.3 Å². The molecular formula is C13H17N3O. The molecule has 4 heteroatoms. The van der Waals surface area contributed by atoms with Crippen LogP contribution in [0.15, 0.2) is 36.7 Å². The van der Waals surface area contributed by atoms with Crippen molar-refractivity contribution in [3.05, 3.63) is 48.0 Å². The van der Waals surface area contributed by atoms with Crippen LogP contribution in [-0.2, 0) is 6.42 Å². The van der Waals surface area contributed by atoms with Gasteiger partial charge in [0.15, 0.2) is 0 Å². The van der Waals surface area contributed by atoms with Gasteiger partial charge >= 0.3 is 0 Å². The summed E-state index contributed by atoms with van der Waals surface area (Å²) in [5.41, 5.74) is 1.23. The van der Waals surface area contributed by atoms with Gasteiger partial charge in [0.25, 0.3) is 0 Å². The maximum atomic E-state index is 5.15. The third kappa shape index (κ3) is 2.85. The minimum absolute atomic E-state index is 0.257. The van der Waals surface area contributed by atoms with E-state index >= 15 is 0 Å². The molecule has 1 atom stereocenters. The van der Waals surface area contributed by atoms with Crippen molar-refractivity contribution >= 4 is 0 Å². The Morgan fingerprint density at radius 3 is 2.65 bits per heavy atom. The Morgan fingerprint density at radius 2 is 2.12 bits per heavy atom. The standard InChI is InChI=1S/C13H17N3O/c1-14-12(9-13-15-7-8-16-13)10-3-5-11(17-2)6-4-10/h3-8,12,14H,9H2,1-2H3,(H,15,16). The maximum Gasteiger partial charge on any atom is 0.118 e. The van der Waals surface area contributed by atoms with Crippen LogP contribution in [0.25, 0.3) is 0 Å². The summed E-state index contributed by atoms with van der Waals surface area (Å²) in [6.07, 6.45) is 4.46. The molecule has 0 aliphatic rings. The van der Waals surface area contributed by atoms with E-state index in [4.69, 9.17) is 4.74 Å². The molecule has 2 N–H and O–H groups in total. The molecule has 0 saturated carbocycles. The van der Waals surface area contributed by atoms with E-state index in [-0.39, 0.29) is 6.04 Å². The predicted molar refractivity (Wildman–Crippen MR) is 67.1 cm³/mol. The Morgan fingerprint density at radius 1 is 1.35 bits per heavy atom. The highest BCUT2D eigenvalue weighted by Gasteiger charge is 2.11. The fourth-order valence-corrected chi connectivity index (χ4v) is 1.83. The zero-order valence-corrected chi connectivity index (χ0v) is 10.1. The molecule has 0 bridgehead atoms. The van der Waals surface area contributed by atoms with Gasteiger partial charge in [0.2, 0.25) is 0 Å². The van der Waals surface area contributed by atoms with Crippen LogP contribution in [0, 0.1) is 0 Å². The number of likely N-dealkylation sites (N-methyl/N-ethyl adjacent to an activating group) is 1. The van der Waals surface area contributed by atoms with Crippen LogP contribution in [-0.4, -0.2) is 24.1 Å². The predicted octanol–water partition coefficient (Wildman–Crippen LogP) is 1.92. The maximum absolute atomic E-state index is 5.15. The summed E-state index contributed by atoms with van der Waals surface area (Å²) in [4.78, 5) is 7.36. The number of ether oxygens (including phenoxy) is 1. The molecule has 1 aromatic carbocycles. The number of hydrogen-bond donors (Lipinski definition) is 2. The Kier molecular flexibility index (Phi) is 3.77. The van der Waals surface area contributed by atoms with Crippen molar-refractivity contribution in [3.8, 4) is 5.75 Å². The molecule has 90 valence electrons. The number of imidazole rings is 1. The molecule has 0 aliphatic heterocycles. The molecule has 0 fully saturated rings. The van der Waals surface area contributed by atoms with Crippen LogP contribution >= 0.6 is 0 Å². The Hall–Kier alpha value is -1.81. The molecule has 0 spiro atoms. The zero-order chi connectivity index (χ0) is 12.1. The van der Waals surface area contributed by atoms with Crippen LogP contribution in [0.5, 0.6) is 5.75 Å². The average Bonchev–Trinajstić information content (AvgIpc) is 2.89. The van der Waals surface area contributed by atoms with Gasteiger partial charge in [0.05, 0.1) is 7.11 Å². The highest BCUT2D eigenvalue weighted by Crippen LogP contribution is 2.19. The van der Waals surface area contributed by atoms with Crippen molar-refractivity contribution in [2.75, 3.05) is 14.2 Å². The van der Waals surface area contributed by atoms with Crippen molar-refractivity contribution < 1.29 is 4.74 Å². The SMILES string of the molecule is CNC(Cc1ncc[nH]1)c1ccc(OC)cc1. The molecule has 0 aliphatic carbocycles. The largest absolute Gasteiger partial charge is 0.497 e. The van der Waals surface area contributed by atoms with E-state index in [2.05, 4.69) is 27.4 Å². The summed E-state index contributed by atoms with van der Waals surface area (Å²) in [5, 5.41) is 3.29. The first-order valence-corrected chi connectivity index (χ1v) is 5.63. The van der Waals surface area contributed by atoms with Crippen LogP contribution in [0.3, 0.4) is 0 Å². The van der Waals surface area contributed by atoms with Gasteiger partial charge in [-0.25, -0.2) is 4.98 Å². The Balaban J connectivity index is 2.11. The van der Waals surface area contributed by atoms with Gasteiger partial charge in [-0.1, -0.05) is 12.1 Å². The number of rotatable bonds is 5. The average molecular weight is 231 g/mol. The van der Waals surface area contributed by atoms with Crippen molar-refractivity contribution in [1.29, 1.82) is 0 Å². The van der Waals surface area contributed by atoms with Gasteiger partial charge in [-0.3, -0.25) is 0 Å². The van der Waals surface area contributed by atoms with Gasteiger partial charge in [-0.05, 0) is 24.7 Å². The van der Waals surface area contributed by atoms with Gasteiger partial charge < -0.3 is 15.0 Å². The van der Waals surface area contributed by atoms with E-state index in [1.165, 1.54) is 5.56 Å². The van der Waals surface area contributed by atoms with Crippen LogP contribution in [0.2, 0.25) is 0 Å². The van der Waals surface area contributed by atoms with Crippen LogP contribution in [0.4, 0.5) is 0 Å². The second kappa shape index (κ2) is 5.50. The van der Waals surface area contributed by atoms with Gasteiger partial charge in [-0.2, -0.15) is 0 Å². The molecule has 0 saturated heterocycles. The number of H-pyrrole nitrogens is 1. The summed E-state index contributed by atoms with van der Waals surface area (Å²) in [6.45, 7) is 0. The number of nitrogens with one attached hydrogen (secondary N) is 2. The van der Waals surface area contributed by atoms with Crippen molar-refractivity contribution in [2.24, 2.45) is 0 Å². The van der Waals surface area contributed by atoms with Crippen molar-refractivity contribution in [3.63, 3.8) is 0 Å². The normalized spacial score (nSPS) is 12.4. The molecule has 4 nitrogen and oxygen atoms in total. The second-order valence-electron chi connectivity index (χ2n) is 3.85. The molecular weight excluding hydrogens is 214 g/mol. The molecule has 0 radical (unpaired) electrons.